The molecule has 0 spiro atoms. The van der Waals surface area contributed by atoms with Crippen LogP contribution in [0.1, 0.15) is 15.9 Å². The molecular formula is C19H20FN2O3+. The van der Waals surface area contributed by atoms with Crippen molar-refractivity contribution in [3.8, 4) is 0 Å². The van der Waals surface area contributed by atoms with Crippen LogP contribution in [0, 0.1) is 5.82 Å². The minimum absolute atomic E-state index is 0.174. The van der Waals surface area contributed by atoms with Gasteiger partial charge in [0.1, 0.15) is 12.4 Å². The number of carbonyl (C=O) groups is 2. The third-order valence-electron chi connectivity index (χ3n) is 4.37. The van der Waals surface area contributed by atoms with Gasteiger partial charge in [-0.05, 0) is 30.3 Å². The zero-order valence-electron chi connectivity index (χ0n) is 14.0. The van der Waals surface area contributed by atoms with Gasteiger partial charge in [-0.25, -0.2) is 9.18 Å². The number of hydrogen-bond donors (Lipinski definition) is 1. The number of anilines is 1. The normalized spacial score (nSPS) is 16.7. The number of nitrogens with zero attached hydrogens (tertiary/aromatic N) is 1. The van der Waals surface area contributed by atoms with E-state index in [1.807, 2.05) is 24.3 Å². The van der Waals surface area contributed by atoms with Crippen LogP contribution in [0.2, 0.25) is 0 Å². The molecule has 1 aliphatic rings. The van der Waals surface area contributed by atoms with E-state index in [2.05, 4.69) is 0 Å². The number of ether oxygens (including phenoxy) is 1. The largest absolute Gasteiger partial charge is 0.465 e. The summed E-state index contributed by atoms with van der Waals surface area (Å²) in [5, 5.41) is 0. The van der Waals surface area contributed by atoms with Gasteiger partial charge in [0, 0.05) is 11.1 Å². The molecule has 0 saturated heterocycles. The molecule has 1 atom stereocenters. The van der Waals surface area contributed by atoms with Gasteiger partial charge >= 0.3 is 5.97 Å². The number of nitrogens with one attached hydrogen (secondary N) is 1. The van der Waals surface area contributed by atoms with Crippen LogP contribution in [0.25, 0.3) is 0 Å². The Hall–Kier alpha value is -2.73. The van der Waals surface area contributed by atoms with E-state index >= 15 is 0 Å². The average molecular weight is 343 g/mol. The molecule has 2 aromatic carbocycles. The number of rotatable bonds is 3. The average Bonchev–Trinajstić information content (AvgIpc) is 2.80. The molecule has 1 N–H and O–H groups in total. The minimum Gasteiger partial charge on any atom is -0.465 e. The van der Waals surface area contributed by atoms with Crippen molar-refractivity contribution in [1.29, 1.82) is 0 Å². The molecule has 1 heterocycles. The number of halogens is 1. The molecule has 0 radical (unpaired) electrons. The summed E-state index contributed by atoms with van der Waals surface area (Å²) in [5.74, 6) is -0.820. The number of methoxy groups -OCH3 is 1. The second kappa shape index (κ2) is 7.44. The fourth-order valence-corrected chi connectivity index (χ4v) is 3.06. The van der Waals surface area contributed by atoms with Crippen molar-refractivity contribution in [2.24, 2.45) is 0 Å². The third kappa shape index (κ3) is 3.85. The Morgan fingerprint density at radius 2 is 1.88 bits per heavy atom. The number of hydrogen-bond acceptors (Lipinski definition) is 3. The highest BCUT2D eigenvalue weighted by atomic mass is 19.1. The maximum Gasteiger partial charge on any atom is 0.361 e. The van der Waals surface area contributed by atoms with Crippen molar-refractivity contribution in [2.75, 3.05) is 31.6 Å². The number of fused-ring (bicyclic) bond motifs is 1. The van der Waals surface area contributed by atoms with E-state index in [1.165, 1.54) is 31.4 Å². The summed E-state index contributed by atoms with van der Waals surface area (Å²) in [6.07, 6.45) is 0. The van der Waals surface area contributed by atoms with Gasteiger partial charge < -0.3 is 14.5 Å². The first-order valence-electron chi connectivity index (χ1n) is 8.14. The molecule has 5 nitrogen and oxygen atoms in total. The van der Waals surface area contributed by atoms with Gasteiger partial charge in [-0.1, -0.05) is 18.2 Å². The molecule has 130 valence electrons. The molecule has 2 aromatic rings. The van der Waals surface area contributed by atoms with Crippen molar-refractivity contribution in [2.45, 2.75) is 6.54 Å². The van der Waals surface area contributed by atoms with E-state index in [9.17, 15) is 14.0 Å². The van der Waals surface area contributed by atoms with Crippen LogP contribution in [-0.2, 0) is 16.1 Å². The molecule has 1 unspecified atom stereocenters. The lowest BCUT2D eigenvalue weighted by Gasteiger charge is -2.21. The van der Waals surface area contributed by atoms with E-state index in [-0.39, 0.29) is 24.2 Å². The Bertz CT molecular complexity index is 776. The lowest BCUT2D eigenvalue weighted by Crippen LogP contribution is -3.12. The van der Waals surface area contributed by atoms with Gasteiger partial charge in [0.05, 0.1) is 25.9 Å². The predicted molar refractivity (Wildman–Crippen MR) is 90.9 cm³/mol. The smallest absolute Gasteiger partial charge is 0.361 e. The molecule has 1 aliphatic heterocycles. The summed E-state index contributed by atoms with van der Waals surface area (Å²) in [6, 6.07) is 13.2. The van der Waals surface area contributed by atoms with E-state index in [1.54, 1.807) is 4.90 Å². The second-order valence-corrected chi connectivity index (χ2v) is 6.02. The topological polar surface area (TPSA) is 51.1 Å². The molecule has 0 bridgehead atoms. The fraction of sp³-hybridized carbons (Fsp3) is 0.263. The SMILES string of the molecule is COC(=O)C[NH+]1CCN(C(=O)c2ccc(F)cc2)c2ccccc2C1. The lowest BCUT2D eigenvalue weighted by atomic mass is 10.1. The zero-order chi connectivity index (χ0) is 17.8. The highest BCUT2D eigenvalue weighted by Crippen LogP contribution is 2.23. The number of esters is 1. The first kappa shape index (κ1) is 17.1. The van der Waals surface area contributed by atoms with Gasteiger partial charge in [0.15, 0.2) is 6.54 Å². The number of para-hydroxylation sites is 1. The van der Waals surface area contributed by atoms with Crippen molar-refractivity contribution in [3.05, 3.63) is 65.5 Å². The Morgan fingerprint density at radius 3 is 2.60 bits per heavy atom. The van der Waals surface area contributed by atoms with Crippen LogP contribution in [0.5, 0.6) is 0 Å². The van der Waals surface area contributed by atoms with Crippen LogP contribution in [0.4, 0.5) is 10.1 Å². The number of benzene rings is 2. The van der Waals surface area contributed by atoms with E-state index in [4.69, 9.17) is 4.74 Å². The van der Waals surface area contributed by atoms with Crippen molar-refractivity contribution >= 4 is 17.6 Å². The van der Waals surface area contributed by atoms with Crippen molar-refractivity contribution < 1.29 is 23.6 Å². The molecule has 0 aliphatic carbocycles. The van der Waals surface area contributed by atoms with E-state index < -0.39 is 0 Å². The predicted octanol–water partition coefficient (Wildman–Crippen LogP) is 1.04. The molecule has 25 heavy (non-hydrogen) atoms. The molecule has 0 saturated carbocycles. The number of amides is 1. The molecule has 3 rings (SSSR count). The zero-order valence-corrected chi connectivity index (χ0v) is 14.0. The molecule has 6 heteroatoms. The minimum atomic E-state index is -0.374. The third-order valence-corrected chi connectivity index (χ3v) is 4.37. The van der Waals surface area contributed by atoms with Crippen molar-refractivity contribution in [1.82, 2.24) is 0 Å². The fourth-order valence-electron chi connectivity index (χ4n) is 3.06. The van der Waals surface area contributed by atoms with Crippen LogP contribution < -0.4 is 9.80 Å². The standard InChI is InChI=1S/C19H19FN2O3/c1-25-18(23)13-21-10-11-22(17-5-3-2-4-15(17)12-21)19(24)14-6-8-16(20)9-7-14/h2-9H,10-13H2,1H3/p+1. The van der Waals surface area contributed by atoms with Gasteiger partial charge in [0.2, 0.25) is 0 Å². The van der Waals surface area contributed by atoms with Gasteiger partial charge in [-0.15, -0.1) is 0 Å². The Morgan fingerprint density at radius 1 is 1.16 bits per heavy atom. The van der Waals surface area contributed by atoms with Crippen LogP contribution in [0.15, 0.2) is 48.5 Å². The van der Waals surface area contributed by atoms with Crippen LogP contribution in [0.3, 0.4) is 0 Å². The maximum absolute atomic E-state index is 13.1. The van der Waals surface area contributed by atoms with Crippen molar-refractivity contribution in [3.63, 3.8) is 0 Å². The summed E-state index contributed by atoms with van der Waals surface area (Å²) in [5.41, 5.74) is 2.26. The highest BCUT2D eigenvalue weighted by molar-refractivity contribution is 6.06. The molecule has 1 amide bonds. The Labute approximate surface area is 145 Å². The lowest BCUT2D eigenvalue weighted by molar-refractivity contribution is -0.904. The van der Waals surface area contributed by atoms with Gasteiger partial charge in [-0.2, -0.15) is 0 Å². The second-order valence-electron chi connectivity index (χ2n) is 6.02. The number of carbonyl (C=O) groups excluding carboxylic acids is 2. The quantitative estimate of drug-likeness (QED) is 0.848. The molecule has 0 aromatic heterocycles. The first-order chi connectivity index (χ1) is 12.1. The molecule has 0 fully saturated rings. The van der Waals surface area contributed by atoms with E-state index in [0.29, 0.717) is 25.2 Å². The van der Waals surface area contributed by atoms with E-state index in [0.717, 1.165) is 16.2 Å². The number of quaternary nitrogens is 1. The Balaban J connectivity index is 1.89. The monoisotopic (exact) mass is 343 g/mol. The first-order valence-corrected chi connectivity index (χ1v) is 8.14. The summed E-state index contributed by atoms with van der Waals surface area (Å²) in [4.78, 5) is 27.3. The maximum atomic E-state index is 13.1. The summed E-state index contributed by atoms with van der Waals surface area (Å²) < 4.78 is 17.9. The Kier molecular flexibility index (Phi) is 5.09. The molecular weight excluding hydrogens is 323 g/mol. The summed E-state index contributed by atoms with van der Waals surface area (Å²) in [7, 11) is 1.37. The van der Waals surface area contributed by atoms with Crippen LogP contribution in [-0.4, -0.2) is 38.6 Å². The highest BCUT2D eigenvalue weighted by Gasteiger charge is 2.28. The van der Waals surface area contributed by atoms with Crippen LogP contribution >= 0.6 is 0 Å². The van der Waals surface area contributed by atoms with Gasteiger partial charge in [-0.3, -0.25) is 4.79 Å². The summed E-state index contributed by atoms with van der Waals surface area (Å²) in [6.45, 7) is 1.98. The summed E-state index contributed by atoms with van der Waals surface area (Å²) >= 11 is 0. The van der Waals surface area contributed by atoms with Gasteiger partial charge in [0.25, 0.3) is 5.91 Å².